The van der Waals surface area contributed by atoms with Gasteiger partial charge >= 0.3 is 0 Å². The Morgan fingerprint density at radius 1 is 1.41 bits per heavy atom. The summed E-state index contributed by atoms with van der Waals surface area (Å²) in [6, 6.07) is 6.06. The van der Waals surface area contributed by atoms with E-state index in [4.69, 9.17) is 4.74 Å². The molecule has 5 heteroatoms. The summed E-state index contributed by atoms with van der Waals surface area (Å²) < 4.78 is 6.22. The summed E-state index contributed by atoms with van der Waals surface area (Å²) in [5.74, 6) is 0.656. The molecule has 0 aliphatic rings. The maximum absolute atomic E-state index is 5.08. The zero-order valence-corrected chi connectivity index (χ0v) is 11.8. The number of aromatic nitrogens is 1. The molecule has 0 fully saturated rings. The van der Waals surface area contributed by atoms with Crippen molar-refractivity contribution in [2.45, 2.75) is 13.1 Å². The van der Waals surface area contributed by atoms with E-state index in [2.05, 4.69) is 37.7 Å². The Kier molecular flexibility index (Phi) is 4.53. The van der Waals surface area contributed by atoms with Gasteiger partial charge in [0, 0.05) is 40.1 Å². The number of halogens is 1. The molecule has 90 valence electrons. The van der Waals surface area contributed by atoms with Gasteiger partial charge in [0.15, 0.2) is 0 Å². The molecule has 2 rings (SSSR count). The molecule has 0 spiro atoms. The standard InChI is InChI=1S/C12H13BrN2OS/c1-16-12-4-9(2-3-15-12)6-14-7-11-5-10(13)8-17-11/h2-5,8,14H,6-7H2,1H3. The molecule has 3 nitrogen and oxygen atoms in total. The maximum Gasteiger partial charge on any atom is 0.213 e. The summed E-state index contributed by atoms with van der Waals surface area (Å²) in [7, 11) is 1.63. The fourth-order valence-electron chi connectivity index (χ4n) is 1.45. The fraction of sp³-hybridized carbons (Fsp3) is 0.250. The molecule has 0 atom stereocenters. The Hall–Kier alpha value is -0.910. The SMILES string of the molecule is COc1cc(CNCc2cc(Br)cs2)ccn1. The van der Waals surface area contributed by atoms with Crippen molar-refractivity contribution >= 4 is 27.3 Å². The lowest BCUT2D eigenvalue weighted by molar-refractivity contribution is 0.397. The van der Waals surface area contributed by atoms with E-state index in [-0.39, 0.29) is 0 Å². The third-order valence-electron chi connectivity index (χ3n) is 2.26. The first-order valence-electron chi connectivity index (χ1n) is 5.20. The highest BCUT2D eigenvalue weighted by molar-refractivity contribution is 9.10. The second-order valence-corrected chi connectivity index (χ2v) is 5.45. The van der Waals surface area contributed by atoms with Gasteiger partial charge in [0.05, 0.1) is 7.11 Å². The Morgan fingerprint density at radius 2 is 2.29 bits per heavy atom. The summed E-state index contributed by atoms with van der Waals surface area (Å²) in [5, 5.41) is 5.48. The van der Waals surface area contributed by atoms with E-state index >= 15 is 0 Å². The largest absolute Gasteiger partial charge is 0.481 e. The maximum atomic E-state index is 5.08. The quantitative estimate of drug-likeness (QED) is 0.920. The van der Waals surface area contributed by atoms with Crippen molar-refractivity contribution in [3.63, 3.8) is 0 Å². The van der Waals surface area contributed by atoms with Crippen LogP contribution in [0.1, 0.15) is 10.4 Å². The van der Waals surface area contributed by atoms with Gasteiger partial charge in [-0.15, -0.1) is 11.3 Å². The highest BCUT2D eigenvalue weighted by Crippen LogP contribution is 2.19. The zero-order chi connectivity index (χ0) is 12.1. The smallest absolute Gasteiger partial charge is 0.213 e. The topological polar surface area (TPSA) is 34.1 Å². The minimum absolute atomic E-state index is 0.656. The Labute approximate surface area is 113 Å². The third kappa shape index (κ3) is 3.80. The van der Waals surface area contributed by atoms with E-state index < -0.39 is 0 Å². The molecule has 2 aromatic rings. The Bertz CT molecular complexity index is 487. The summed E-state index contributed by atoms with van der Waals surface area (Å²) in [5.41, 5.74) is 1.17. The van der Waals surface area contributed by atoms with Crippen LogP contribution in [0.3, 0.4) is 0 Å². The second kappa shape index (κ2) is 6.14. The van der Waals surface area contributed by atoms with Crippen molar-refractivity contribution in [1.82, 2.24) is 10.3 Å². The summed E-state index contributed by atoms with van der Waals surface area (Å²) in [6.45, 7) is 1.69. The highest BCUT2D eigenvalue weighted by atomic mass is 79.9. The van der Waals surface area contributed by atoms with Crippen molar-refractivity contribution in [2.75, 3.05) is 7.11 Å². The lowest BCUT2D eigenvalue weighted by Crippen LogP contribution is -2.11. The van der Waals surface area contributed by atoms with Crippen LogP contribution >= 0.6 is 27.3 Å². The van der Waals surface area contributed by atoms with Crippen LogP contribution in [0.15, 0.2) is 34.2 Å². The summed E-state index contributed by atoms with van der Waals surface area (Å²) in [6.07, 6.45) is 1.76. The molecular formula is C12H13BrN2OS. The molecule has 2 heterocycles. The van der Waals surface area contributed by atoms with Gasteiger partial charge in [0.25, 0.3) is 0 Å². The molecule has 0 aromatic carbocycles. The number of methoxy groups -OCH3 is 1. The van der Waals surface area contributed by atoms with Gasteiger partial charge in [-0.25, -0.2) is 4.98 Å². The molecule has 0 saturated carbocycles. The van der Waals surface area contributed by atoms with E-state index in [0.717, 1.165) is 17.6 Å². The van der Waals surface area contributed by atoms with Gasteiger partial charge in [-0.1, -0.05) is 0 Å². The normalized spacial score (nSPS) is 10.5. The molecule has 17 heavy (non-hydrogen) atoms. The molecular weight excluding hydrogens is 300 g/mol. The van der Waals surface area contributed by atoms with Gasteiger partial charge in [-0.05, 0) is 33.6 Å². The van der Waals surface area contributed by atoms with Crippen molar-refractivity contribution in [3.8, 4) is 5.88 Å². The second-order valence-electron chi connectivity index (χ2n) is 3.54. The number of thiophene rings is 1. The first-order chi connectivity index (χ1) is 8.28. The third-order valence-corrected chi connectivity index (χ3v) is 3.96. The number of hydrogen-bond donors (Lipinski definition) is 1. The van der Waals surface area contributed by atoms with Crippen LogP contribution in [0, 0.1) is 0 Å². The highest BCUT2D eigenvalue weighted by Gasteiger charge is 1.99. The molecule has 0 unspecified atom stereocenters. The van der Waals surface area contributed by atoms with E-state index in [1.54, 1.807) is 24.6 Å². The number of hydrogen-bond acceptors (Lipinski definition) is 4. The van der Waals surface area contributed by atoms with Crippen LogP contribution in [0.25, 0.3) is 0 Å². The van der Waals surface area contributed by atoms with Crippen LogP contribution in [-0.2, 0) is 13.1 Å². The van der Waals surface area contributed by atoms with Crippen LogP contribution in [0.2, 0.25) is 0 Å². The van der Waals surface area contributed by atoms with Gasteiger partial charge in [-0.2, -0.15) is 0 Å². The number of nitrogens with one attached hydrogen (secondary N) is 1. The average molecular weight is 313 g/mol. The van der Waals surface area contributed by atoms with Crippen LogP contribution < -0.4 is 10.1 Å². The zero-order valence-electron chi connectivity index (χ0n) is 9.44. The van der Waals surface area contributed by atoms with E-state index in [9.17, 15) is 0 Å². The van der Waals surface area contributed by atoms with Crippen molar-refractivity contribution in [1.29, 1.82) is 0 Å². The molecule has 0 aliphatic carbocycles. The van der Waals surface area contributed by atoms with E-state index in [0.29, 0.717) is 5.88 Å². The molecule has 0 bridgehead atoms. The van der Waals surface area contributed by atoms with Gasteiger partial charge in [0.2, 0.25) is 5.88 Å². The van der Waals surface area contributed by atoms with E-state index in [1.807, 2.05) is 12.1 Å². The first kappa shape index (κ1) is 12.5. The number of rotatable bonds is 5. The predicted molar refractivity (Wildman–Crippen MR) is 73.4 cm³/mol. The lowest BCUT2D eigenvalue weighted by Gasteiger charge is -2.04. The minimum atomic E-state index is 0.656. The predicted octanol–water partition coefficient (Wildman–Crippen LogP) is 3.20. The summed E-state index contributed by atoms with van der Waals surface area (Å²) >= 11 is 5.19. The molecule has 0 radical (unpaired) electrons. The number of pyridine rings is 1. The monoisotopic (exact) mass is 312 g/mol. The number of nitrogens with zero attached hydrogens (tertiary/aromatic N) is 1. The van der Waals surface area contributed by atoms with Gasteiger partial charge in [0.1, 0.15) is 0 Å². The van der Waals surface area contributed by atoms with Gasteiger partial charge in [-0.3, -0.25) is 0 Å². The molecule has 2 aromatic heterocycles. The lowest BCUT2D eigenvalue weighted by atomic mass is 10.2. The van der Waals surface area contributed by atoms with Crippen molar-refractivity contribution in [3.05, 3.63) is 44.7 Å². The van der Waals surface area contributed by atoms with Crippen molar-refractivity contribution in [2.24, 2.45) is 0 Å². The molecule has 0 amide bonds. The molecule has 0 aliphatic heterocycles. The fourth-order valence-corrected chi connectivity index (χ4v) is 2.87. The van der Waals surface area contributed by atoms with Crippen LogP contribution in [0.5, 0.6) is 5.88 Å². The number of ether oxygens (including phenoxy) is 1. The minimum Gasteiger partial charge on any atom is -0.481 e. The Balaban J connectivity index is 1.85. The Morgan fingerprint density at radius 3 is 3.00 bits per heavy atom. The van der Waals surface area contributed by atoms with Crippen LogP contribution in [-0.4, -0.2) is 12.1 Å². The van der Waals surface area contributed by atoms with E-state index in [1.165, 1.54) is 10.4 Å². The summed E-state index contributed by atoms with van der Waals surface area (Å²) in [4.78, 5) is 5.39. The first-order valence-corrected chi connectivity index (χ1v) is 6.88. The molecule has 0 saturated heterocycles. The van der Waals surface area contributed by atoms with Crippen molar-refractivity contribution < 1.29 is 4.74 Å². The van der Waals surface area contributed by atoms with Crippen LogP contribution in [0.4, 0.5) is 0 Å². The van der Waals surface area contributed by atoms with Gasteiger partial charge < -0.3 is 10.1 Å². The average Bonchev–Trinajstić information content (AvgIpc) is 2.75. The molecule has 1 N–H and O–H groups in total.